The maximum atomic E-state index is 13.7. The monoisotopic (exact) mass is 425 g/mol. The number of aryl methyl sites for hydroxylation is 4. The van der Waals surface area contributed by atoms with Gasteiger partial charge in [0.25, 0.3) is 0 Å². The van der Waals surface area contributed by atoms with E-state index in [0.717, 1.165) is 40.7 Å². The third-order valence-electron chi connectivity index (χ3n) is 5.63. The summed E-state index contributed by atoms with van der Waals surface area (Å²) in [6.07, 6.45) is 2.40. The van der Waals surface area contributed by atoms with Crippen molar-refractivity contribution in [2.24, 2.45) is 0 Å². The fourth-order valence-corrected chi connectivity index (χ4v) is 6.47. The molecule has 0 amide bonds. The SMILES string of the molecule is Cc1cccc(-c2noc(C3CCCCN3S(=O)(=O)c3c(C)cc(C)cc3C)n2)c1. The van der Waals surface area contributed by atoms with Crippen molar-refractivity contribution in [2.75, 3.05) is 6.54 Å². The van der Waals surface area contributed by atoms with Crippen LogP contribution in [-0.4, -0.2) is 29.4 Å². The molecule has 2 heterocycles. The van der Waals surface area contributed by atoms with Gasteiger partial charge in [-0.3, -0.25) is 0 Å². The Morgan fingerprint density at radius 2 is 1.73 bits per heavy atom. The fraction of sp³-hybridized carbons (Fsp3) is 0.391. The molecule has 0 radical (unpaired) electrons. The van der Waals surface area contributed by atoms with Gasteiger partial charge < -0.3 is 4.52 Å². The van der Waals surface area contributed by atoms with Gasteiger partial charge in [-0.1, -0.05) is 53.0 Å². The molecule has 1 unspecified atom stereocenters. The Morgan fingerprint density at radius 3 is 2.43 bits per heavy atom. The van der Waals surface area contributed by atoms with E-state index in [1.165, 1.54) is 0 Å². The molecule has 1 aliphatic heterocycles. The number of hydrogen-bond donors (Lipinski definition) is 0. The van der Waals surface area contributed by atoms with Crippen LogP contribution in [0.5, 0.6) is 0 Å². The van der Waals surface area contributed by atoms with E-state index in [1.807, 2.05) is 64.1 Å². The quantitative estimate of drug-likeness (QED) is 0.595. The van der Waals surface area contributed by atoms with Gasteiger partial charge in [0.2, 0.25) is 21.7 Å². The van der Waals surface area contributed by atoms with Crippen LogP contribution < -0.4 is 0 Å². The summed E-state index contributed by atoms with van der Waals surface area (Å²) in [6, 6.07) is 11.3. The first kappa shape index (κ1) is 20.8. The summed E-state index contributed by atoms with van der Waals surface area (Å²) in [5.74, 6) is 0.844. The Labute approximate surface area is 178 Å². The molecule has 1 aliphatic rings. The summed E-state index contributed by atoms with van der Waals surface area (Å²) in [4.78, 5) is 4.97. The lowest BCUT2D eigenvalue weighted by molar-refractivity contribution is 0.204. The van der Waals surface area contributed by atoms with E-state index < -0.39 is 16.1 Å². The zero-order valence-electron chi connectivity index (χ0n) is 17.8. The average molecular weight is 426 g/mol. The molecule has 0 aliphatic carbocycles. The van der Waals surface area contributed by atoms with E-state index >= 15 is 0 Å². The molecule has 0 spiro atoms. The largest absolute Gasteiger partial charge is 0.337 e. The van der Waals surface area contributed by atoms with E-state index in [0.29, 0.717) is 29.6 Å². The minimum absolute atomic E-state index is 0.359. The van der Waals surface area contributed by atoms with Gasteiger partial charge in [-0.15, -0.1) is 0 Å². The van der Waals surface area contributed by atoms with Crippen molar-refractivity contribution in [3.8, 4) is 11.4 Å². The van der Waals surface area contributed by atoms with E-state index in [4.69, 9.17) is 4.52 Å². The predicted molar refractivity (Wildman–Crippen MR) is 116 cm³/mol. The molecule has 1 fully saturated rings. The van der Waals surface area contributed by atoms with Crippen molar-refractivity contribution < 1.29 is 12.9 Å². The molecule has 30 heavy (non-hydrogen) atoms. The maximum absolute atomic E-state index is 13.7. The van der Waals surface area contributed by atoms with Crippen LogP contribution in [-0.2, 0) is 10.0 Å². The molecule has 4 rings (SSSR count). The number of aromatic nitrogens is 2. The third kappa shape index (κ3) is 3.79. The predicted octanol–water partition coefficient (Wildman–Crippen LogP) is 4.89. The molecular formula is C23H27N3O3S. The van der Waals surface area contributed by atoms with Gasteiger partial charge in [-0.2, -0.15) is 9.29 Å². The first-order chi connectivity index (χ1) is 14.3. The lowest BCUT2D eigenvalue weighted by atomic mass is 10.1. The first-order valence-electron chi connectivity index (χ1n) is 10.3. The molecular weight excluding hydrogens is 398 g/mol. The van der Waals surface area contributed by atoms with Crippen LogP contribution in [0.4, 0.5) is 0 Å². The molecule has 0 bridgehead atoms. The standard InChI is InChI=1S/C23H27N3O3S/c1-15-8-7-9-19(14-15)22-24-23(29-25-22)20-10-5-6-11-26(20)30(27,28)21-17(3)12-16(2)13-18(21)4/h7-9,12-14,20H,5-6,10-11H2,1-4H3. The molecule has 1 atom stereocenters. The molecule has 0 saturated carbocycles. The number of benzene rings is 2. The van der Waals surface area contributed by atoms with Gasteiger partial charge in [-0.05, 0) is 57.7 Å². The Hall–Kier alpha value is -2.51. The summed E-state index contributed by atoms with van der Waals surface area (Å²) >= 11 is 0. The minimum Gasteiger partial charge on any atom is -0.337 e. The van der Waals surface area contributed by atoms with E-state index in [-0.39, 0.29) is 0 Å². The Morgan fingerprint density at radius 1 is 1.00 bits per heavy atom. The fourth-order valence-electron chi connectivity index (χ4n) is 4.40. The summed E-state index contributed by atoms with van der Waals surface area (Å²) in [7, 11) is -3.69. The molecule has 158 valence electrons. The van der Waals surface area contributed by atoms with E-state index in [9.17, 15) is 8.42 Å². The van der Waals surface area contributed by atoms with Crippen LogP contribution in [0.1, 0.15) is 53.4 Å². The smallest absolute Gasteiger partial charge is 0.245 e. The van der Waals surface area contributed by atoms with E-state index in [1.54, 1.807) is 4.31 Å². The van der Waals surface area contributed by atoms with Crippen molar-refractivity contribution in [3.05, 3.63) is 64.5 Å². The molecule has 6 nitrogen and oxygen atoms in total. The molecule has 1 aromatic heterocycles. The molecule has 1 saturated heterocycles. The second-order valence-corrected chi connectivity index (χ2v) is 10.0. The summed E-state index contributed by atoms with van der Waals surface area (Å²) in [5, 5.41) is 4.13. The normalized spacial score (nSPS) is 17.9. The maximum Gasteiger partial charge on any atom is 0.245 e. The third-order valence-corrected chi connectivity index (χ3v) is 7.84. The number of hydrogen-bond acceptors (Lipinski definition) is 5. The van der Waals surface area contributed by atoms with Gasteiger partial charge in [0, 0.05) is 12.1 Å². The van der Waals surface area contributed by atoms with Crippen molar-refractivity contribution in [1.82, 2.24) is 14.4 Å². The van der Waals surface area contributed by atoms with Crippen LogP contribution in [0.15, 0.2) is 45.8 Å². The van der Waals surface area contributed by atoms with E-state index in [2.05, 4.69) is 10.1 Å². The molecule has 7 heteroatoms. The average Bonchev–Trinajstić information content (AvgIpc) is 3.17. The summed E-state index contributed by atoms with van der Waals surface area (Å²) in [6.45, 7) is 8.14. The van der Waals surface area contributed by atoms with Gasteiger partial charge in [0.15, 0.2) is 0 Å². The number of nitrogens with zero attached hydrogens (tertiary/aromatic N) is 3. The number of rotatable bonds is 4. The second kappa shape index (κ2) is 7.96. The molecule has 2 aromatic carbocycles. The summed E-state index contributed by atoms with van der Waals surface area (Å²) in [5.41, 5.74) is 4.55. The lowest BCUT2D eigenvalue weighted by Gasteiger charge is -2.33. The second-order valence-electron chi connectivity index (χ2n) is 8.18. The van der Waals surface area contributed by atoms with Crippen molar-refractivity contribution in [2.45, 2.75) is 57.9 Å². The summed E-state index contributed by atoms with van der Waals surface area (Å²) < 4.78 is 34.5. The van der Waals surface area contributed by atoms with Gasteiger partial charge in [0.1, 0.15) is 6.04 Å². The van der Waals surface area contributed by atoms with Crippen molar-refractivity contribution in [1.29, 1.82) is 0 Å². The minimum atomic E-state index is -3.69. The van der Waals surface area contributed by atoms with Crippen molar-refractivity contribution in [3.63, 3.8) is 0 Å². The Bertz CT molecular complexity index is 1160. The first-order valence-corrected chi connectivity index (χ1v) is 11.7. The van der Waals surface area contributed by atoms with Crippen LogP contribution in [0.2, 0.25) is 0 Å². The van der Waals surface area contributed by atoms with Crippen LogP contribution in [0.25, 0.3) is 11.4 Å². The Kier molecular flexibility index (Phi) is 5.51. The van der Waals surface area contributed by atoms with Crippen LogP contribution in [0.3, 0.4) is 0 Å². The number of piperidine rings is 1. The van der Waals surface area contributed by atoms with Crippen molar-refractivity contribution >= 4 is 10.0 Å². The molecule has 3 aromatic rings. The van der Waals surface area contributed by atoms with Gasteiger partial charge in [0.05, 0.1) is 4.90 Å². The van der Waals surface area contributed by atoms with Gasteiger partial charge in [-0.25, -0.2) is 8.42 Å². The highest BCUT2D eigenvalue weighted by Gasteiger charge is 2.39. The number of sulfonamides is 1. The topological polar surface area (TPSA) is 76.3 Å². The van der Waals surface area contributed by atoms with Crippen LogP contribution in [0, 0.1) is 27.7 Å². The zero-order chi connectivity index (χ0) is 21.5. The van der Waals surface area contributed by atoms with Crippen LogP contribution >= 0.6 is 0 Å². The highest BCUT2D eigenvalue weighted by Crippen LogP contribution is 2.37. The van der Waals surface area contributed by atoms with Gasteiger partial charge >= 0.3 is 0 Å². The highest BCUT2D eigenvalue weighted by atomic mass is 32.2. The Balaban J connectivity index is 1.72. The zero-order valence-corrected chi connectivity index (χ0v) is 18.7. The molecule has 0 N–H and O–H groups in total. The lowest BCUT2D eigenvalue weighted by Crippen LogP contribution is -2.39. The highest BCUT2D eigenvalue weighted by molar-refractivity contribution is 7.89.